The molecule has 0 bridgehead atoms. The number of hydrogen-bond donors (Lipinski definition) is 0. The molecule has 5 aromatic rings. The Hall–Kier alpha value is -3.81. The van der Waals surface area contributed by atoms with E-state index in [9.17, 15) is 4.79 Å². The molecule has 0 aliphatic carbocycles. The molecular formula is C20H17N7O. The van der Waals surface area contributed by atoms with Gasteiger partial charge in [0.25, 0.3) is 5.56 Å². The molecule has 0 N–H and O–H groups in total. The van der Waals surface area contributed by atoms with Crippen LogP contribution in [0.15, 0.2) is 60.2 Å². The number of nitrogens with zero attached hydrogens (tertiary/aromatic N) is 7. The second kappa shape index (κ2) is 6.12. The lowest BCUT2D eigenvalue weighted by molar-refractivity contribution is 0.587. The molecule has 0 spiro atoms. The van der Waals surface area contributed by atoms with Gasteiger partial charge in [0.1, 0.15) is 12.2 Å². The summed E-state index contributed by atoms with van der Waals surface area (Å²) in [6, 6.07) is 7.56. The molecule has 0 radical (unpaired) electrons. The van der Waals surface area contributed by atoms with E-state index < -0.39 is 0 Å². The number of hydrogen-bond acceptors (Lipinski definition) is 5. The molecule has 0 aliphatic rings. The Labute approximate surface area is 159 Å². The Balaban J connectivity index is 1.84. The molecule has 0 fully saturated rings. The van der Waals surface area contributed by atoms with Gasteiger partial charge in [0, 0.05) is 25.0 Å². The van der Waals surface area contributed by atoms with E-state index in [1.54, 1.807) is 26.4 Å². The smallest absolute Gasteiger partial charge is 0.267 e. The lowest BCUT2D eigenvalue weighted by Crippen LogP contribution is -2.30. The van der Waals surface area contributed by atoms with Crippen molar-refractivity contribution >= 4 is 21.9 Å². The SMILES string of the molecule is CCc1nc2ccc(-n3ncc4cncnc43)c(C)c2c(=O)n1-n1cccc1. The minimum Gasteiger partial charge on any atom is -0.267 e. The number of aryl methyl sites for hydroxylation is 2. The van der Waals surface area contributed by atoms with Gasteiger partial charge < -0.3 is 0 Å². The van der Waals surface area contributed by atoms with Crippen molar-refractivity contribution in [2.24, 2.45) is 0 Å². The Morgan fingerprint density at radius 1 is 1.11 bits per heavy atom. The number of aromatic nitrogens is 7. The summed E-state index contributed by atoms with van der Waals surface area (Å²) in [5, 5.41) is 5.86. The fourth-order valence-electron chi connectivity index (χ4n) is 3.57. The van der Waals surface area contributed by atoms with Crippen molar-refractivity contribution in [1.29, 1.82) is 0 Å². The van der Waals surface area contributed by atoms with Crippen LogP contribution in [0.1, 0.15) is 18.3 Å². The molecule has 1 aromatic carbocycles. The molecule has 8 nitrogen and oxygen atoms in total. The van der Waals surface area contributed by atoms with Gasteiger partial charge in [0.2, 0.25) is 0 Å². The quantitative estimate of drug-likeness (QED) is 0.487. The van der Waals surface area contributed by atoms with Crippen LogP contribution in [0.4, 0.5) is 0 Å². The zero-order chi connectivity index (χ0) is 19.3. The van der Waals surface area contributed by atoms with Crippen molar-refractivity contribution in [3.8, 4) is 5.69 Å². The van der Waals surface area contributed by atoms with E-state index in [4.69, 9.17) is 4.98 Å². The maximum absolute atomic E-state index is 13.5. The van der Waals surface area contributed by atoms with Gasteiger partial charge >= 0.3 is 0 Å². The second-order valence-corrected chi connectivity index (χ2v) is 6.52. The molecule has 0 aliphatic heterocycles. The van der Waals surface area contributed by atoms with Crippen LogP contribution >= 0.6 is 0 Å². The summed E-state index contributed by atoms with van der Waals surface area (Å²) in [6.45, 7) is 3.91. The predicted octanol–water partition coefficient (Wildman–Crippen LogP) is 2.51. The first-order chi connectivity index (χ1) is 13.7. The van der Waals surface area contributed by atoms with Gasteiger partial charge in [-0.2, -0.15) is 9.77 Å². The average molecular weight is 371 g/mol. The van der Waals surface area contributed by atoms with E-state index in [0.717, 1.165) is 16.6 Å². The molecule has 0 amide bonds. The second-order valence-electron chi connectivity index (χ2n) is 6.52. The largest absolute Gasteiger partial charge is 0.281 e. The summed E-state index contributed by atoms with van der Waals surface area (Å²) in [4.78, 5) is 26.6. The monoisotopic (exact) mass is 371 g/mol. The minimum absolute atomic E-state index is 0.108. The van der Waals surface area contributed by atoms with Gasteiger partial charge in [-0.25, -0.2) is 19.6 Å². The van der Waals surface area contributed by atoms with Crippen LogP contribution in [-0.4, -0.2) is 34.1 Å². The molecular weight excluding hydrogens is 354 g/mol. The van der Waals surface area contributed by atoms with E-state index >= 15 is 0 Å². The molecule has 4 heterocycles. The highest BCUT2D eigenvalue weighted by Gasteiger charge is 2.17. The fraction of sp³-hybridized carbons (Fsp3) is 0.150. The molecule has 28 heavy (non-hydrogen) atoms. The standard InChI is InChI=1S/C20H17N7O/c1-3-17-24-15-6-7-16(26-19-14(11-23-26)10-21-12-22-19)13(2)18(15)20(28)27(17)25-8-4-5-9-25/h4-12H,3H2,1-2H3. The Morgan fingerprint density at radius 3 is 2.71 bits per heavy atom. The highest BCUT2D eigenvalue weighted by molar-refractivity contribution is 5.86. The normalized spacial score (nSPS) is 11.5. The Morgan fingerprint density at radius 2 is 1.93 bits per heavy atom. The van der Waals surface area contributed by atoms with Crippen LogP contribution in [0.3, 0.4) is 0 Å². The lowest BCUT2D eigenvalue weighted by Gasteiger charge is -2.15. The average Bonchev–Trinajstić information content (AvgIpc) is 3.38. The van der Waals surface area contributed by atoms with Crippen molar-refractivity contribution in [3.05, 3.63) is 77.1 Å². The van der Waals surface area contributed by atoms with Gasteiger partial charge in [0.05, 0.1) is 28.2 Å². The lowest BCUT2D eigenvalue weighted by atomic mass is 10.1. The highest BCUT2D eigenvalue weighted by atomic mass is 16.1. The van der Waals surface area contributed by atoms with Crippen LogP contribution < -0.4 is 5.56 Å². The van der Waals surface area contributed by atoms with Gasteiger partial charge in [-0.1, -0.05) is 6.92 Å². The van der Waals surface area contributed by atoms with Crippen LogP contribution in [-0.2, 0) is 6.42 Å². The number of fused-ring (bicyclic) bond motifs is 2. The summed E-state index contributed by atoms with van der Waals surface area (Å²) in [5.41, 5.74) is 2.87. The summed E-state index contributed by atoms with van der Waals surface area (Å²) in [5.74, 6) is 0.707. The van der Waals surface area contributed by atoms with Gasteiger partial charge in [-0.3, -0.25) is 9.47 Å². The molecule has 0 saturated heterocycles. The van der Waals surface area contributed by atoms with Crippen molar-refractivity contribution in [2.75, 3.05) is 0 Å². The molecule has 138 valence electrons. The maximum atomic E-state index is 13.5. The van der Waals surface area contributed by atoms with E-state index in [1.165, 1.54) is 6.33 Å². The van der Waals surface area contributed by atoms with Gasteiger partial charge in [-0.05, 0) is 36.8 Å². The number of benzene rings is 1. The molecule has 0 saturated carbocycles. The van der Waals surface area contributed by atoms with E-state index in [-0.39, 0.29) is 5.56 Å². The summed E-state index contributed by atoms with van der Waals surface area (Å²) < 4.78 is 5.11. The molecule has 0 atom stereocenters. The maximum Gasteiger partial charge on any atom is 0.281 e. The van der Waals surface area contributed by atoms with E-state index in [1.807, 2.05) is 50.5 Å². The van der Waals surface area contributed by atoms with Crippen LogP contribution in [0.2, 0.25) is 0 Å². The van der Waals surface area contributed by atoms with Gasteiger partial charge in [0.15, 0.2) is 5.65 Å². The zero-order valence-corrected chi connectivity index (χ0v) is 15.4. The Bertz CT molecular complexity index is 1380. The molecule has 5 rings (SSSR count). The van der Waals surface area contributed by atoms with Crippen LogP contribution in [0.5, 0.6) is 0 Å². The van der Waals surface area contributed by atoms with Crippen molar-refractivity contribution in [1.82, 2.24) is 34.1 Å². The first-order valence-electron chi connectivity index (χ1n) is 9.02. The van der Waals surface area contributed by atoms with Crippen molar-refractivity contribution in [2.45, 2.75) is 20.3 Å². The Kier molecular flexibility index (Phi) is 3.58. The predicted molar refractivity (Wildman–Crippen MR) is 106 cm³/mol. The minimum atomic E-state index is -0.108. The van der Waals surface area contributed by atoms with Crippen molar-refractivity contribution in [3.63, 3.8) is 0 Å². The van der Waals surface area contributed by atoms with Gasteiger partial charge in [-0.15, -0.1) is 0 Å². The van der Waals surface area contributed by atoms with Crippen molar-refractivity contribution < 1.29 is 0 Å². The first kappa shape index (κ1) is 16.4. The summed E-state index contributed by atoms with van der Waals surface area (Å²) in [6.07, 6.45) is 9.25. The third-order valence-corrected chi connectivity index (χ3v) is 4.91. The number of rotatable bonds is 3. The van der Waals surface area contributed by atoms with Crippen LogP contribution in [0.25, 0.3) is 27.6 Å². The summed E-state index contributed by atoms with van der Waals surface area (Å²) in [7, 11) is 0. The third kappa shape index (κ3) is 2.27. The topological polar surface area (TPSA) is 83.4 Å². The third-order valence-electron chi connectivity index (χ3n) is 4.91. The van der Waals surface area contributed by atoms with E-state index in [0.29, 0.717) is 28.8 Å². The highest BCUT2D eigenvalue weighted by Crippen LogP contribution is 2.23. The van der Waals surface area contributed by atoms with E-state index in [2.05, 4.69) is 15.1 Å². The first-order valence-corrected chi connectivity index (χ1v) is 9.02. The molecule has 0 unspecified atom stereocenters. The zero-order valence-electron chi connectivity index (χ0n) is 15.4. The molecule has 8 heteroatoms. The molecule has 4 aromatic heterocycles. The van der Waals surface area contributed by atoms with Crippen LogP contribution in [0, 0.1) is 6.92 Å². The summed E-state index contributed by atoms with van der Waals surface area (Å²) >= 11 is 0. The fourth-order valence-corrected chi connectivity index (χ4v) is 3.57.